The molecule has 0 spiro atoms. The second-order valence-corrected chi connectivity index (χ2v) is 9.46. The number of aliphatic hydroxyl groups excluding tert-OH is 1. The molecule has 3 aromatic rings. The zero-order valence-electron chi connectivity index (χ0n) is 19.8. The first kappa shape index (κ1) is 24.5. The molecule has 4 rings (SSSR count). The molecule has 0 bridgehead atoms. The fourth-order valence-electron chi connectivity index (χ4n) is 5.15. The summed E-state index contributed by atoms with van der Waals surface area (Å²) in [7, 11) is 2.06. The normalized spacial score (nSPS) is 18.7. The van der Waals surface area contributed by atoms with Crippen molar-refractivity contribution in [3.63, 3.8) is 0 Å². The fraction of sp³-hybridized carbons (Fsp3) is 0.379. The number of likely N-dealkylation sites (N-methyl/N-ethyl adjacent to an activating group) is 1. The standard InChI is InChI=1S/C29H34F2N2O/c1-32-15-9-8-14-27(32)29(34)28(18-24-16-25(30)19-26(31)17-24)33(20-22-10-4-2-5-11-22)21-23-12-6-3-7-13-23/h2-7,10-13,16-17,19,27-29,34H,8-9,14-15,18,20-21H2,1H3/t27-,28-,29-/m1/s1. The third-order valence-electron chi connectivity index (χ3n) is 6.91. The molecule has 3 atom stereocenters. The van der Waals surface area contributed by atoms with Crippen LogP contribution in [0.3, 0.4) is 0 Å². The van der Waals surface area contributed by atoms with Gasteiger partial charge in [0.2, 0.25) is 0 Å². The van der Waals surface area contributed by atoms with Crippen LogP contribution in [0.2, 0.25) is 0 Å². The van der Waals surface area contributed by atoms with Gasteiger partial charge in [-0.15, -0.1) is 0 Å². The van der Waals surface area contributed by atoms with Gasteiger partial charge in [0.05, 0.1) is 6.10 Å². The maximum atomic E-state index is 14.1. The molecule has 0 aromatic heterocycles. The highest BCUT2D eigenvalue weighted by molar-refractivity contribution is 5.22. The van der Waals surface area contributed by atoms with E-state index in [-0.39, 0.29) is 12.1 Å². The van der Waals surface area contributed by atoms with Gasteiger partial charge in [0, 0.05) is 31.2 Å². The number of hydrogen-bond donors (Lipinski definition) is 1. The van der Waals surface area contributed by atoms with Gasteiger partial charge in [-0.25, -0.2) is 8.78 Å². The van der Waals surface area contributed by atoms with E-state index in [0.717, 1.165) is 43.0 Å². The maximum Gasteiger partial charge on any atom is 0.126 e. The van der Waals surface area contributed by atoms with Crippen molar-refractivity contribution in [2.45, 2.75) is 57.0 Å². The Labute approximate surface area is 201 Å². The molecule has 34 heavy (non-hydrogen) atoms. The lowest BCUT2D eigenvalue weighted by atomic mass is 9.89. The molecule has 180 valence electrons. The molecule has 1 fully saturated rings. The third kappa shape index (κ3) is 6.50. The summed E-state index contributed by atoms with van der Waals surface area (Å²) in [4.78, 5) is 4.50. The van der Waals surface area contributed by atoms with Gasteiger partial charge in [-0.05, 0) is 61.7 Å². The van der Waals surface area contributed by atoms with Gasteiger partial charge in [-0.2, -0.15) is 0 Å². The Morgan fingerprint density at radius 1 is 0.853 bits per heavy atom. The SMILES string of the molecule is CN1CCCC[C@@H]1[C@@H](O)[C@@H](Cc1cc(F)cc(F)c1)N(Cc1ccccc1)Cc1ccccc1. The minimum atomic E-state index is -0.663. The van der Waals surface area contributed by atoms with E-state index in [1.165, 1.54) is 12.1 Å². The van der Waals surface area contributed by atoms with E-state index in [2.05, 4.69) is 41.1 Å². The Balaban J connectivity index is 1.70. The van der Waals surface area contributed by atoms with E-state index in [4.69, 9.17) is 0 Å². The lowest BCUT2D eigenvalue weighted by molar-refractivity contribution is -0.0272. The van der Waals surface area contributed by atoms with Crippen molar-refractivity contribution in [1.82, 2.24) is 9.80 Å². The molecule has 5 heteroatoms. The Hall–Kier alpha value is -2.60. The van der Waals surface area contributed by atoms with Crippen LogP contribution >= 0.6 is 0 Å². The van der Waals surface area contributed by atoms with Crippen molar-refractivity contribution in [3.05, 3.63) is 107 Å². The van der Waals surface area contributed by atoms with Gasteiger partial charge in [-0.1, -0.05) is 67.1 Å². The monoisotopic (exact) mass is 464 g/mol. The fourth-order valence-corrected chi connectivity index (χ4v) is 5.15. The summed E-state index contributed by atoms with van der Waals surface area (Å²) in [6.07, 6.45) is 2.81. The molecule has 1 heterocycles. The van der Waals surface area contributed by atoms with Crippen molar-refractivity contribution in [2.75, 3.05) is 13.6 Å². The average Bonchev–Trinajstić information content (AvgIpc) is 2.83. The molecule has 3 aromatic carbocycles. The predicted molar refractivity (Wildman–Crippen MR) is 132 cm³/mol. The summed E-state index contributed by atoms with van der Waals surface area (Å²) in [6.45, 7) is 2.21. The Kier molecular flexibility index (Phi) is 8.44. The Morgan fingerprint density at radius 2 is 1.41 bits per heavy atom. The van der Waals surface area contributed by atoms with Gasteiger partial charge in [-0.3, -0.25) is 4.90 Å². The van der Waals surface area contributed by atoms with E-state index in [1.54, 1.807) is 0 Å². The number of aliphatic hydroxyl groups is 1. The zero-order valence-corrected chi connectivity index (χ0v) is 19.8. The van der Waals surface area contributed by atoms with Gasteiger partial charge >= 0.3 is 0 Å². The molecule has 1 saturated heterocycles. The summed E-state index contributed by atoms with van der Waals surface area (Å²) in [5, 5.41) is 11.8. The number of hydrogen-bond acceptors (Lipinski definition) is 3. The predicted octanol–water partition coefficient (Wildman–Crippen LogP) is 5.42. The molecule has 0 aliphatic carbocycles. The lowest BCUT2D eigenvalue weighted by Crippen LogP contribution is -2.55. The number of benzene rings is 3. The summed E-state index contributed by atoms with van der Waals surface area (Å²) < 4.78 is 28.1. The van der Waals surface area contributed by atoms with Gasteiger partial charge < -0.3 is 10.0 Å². The Bertz CT molecular complexity index is 969. The largest absolute Gasteiger partial charge is 0.390 e. The van der Waals surface area contributed by atoms with Crippen LogP contribution in [-0.4, -0.2) is 46.7 Å². The lowest BCUT2D eigenvalue weighted by Gasteiger charge is -2.43. The second kappa shape index (κ2) is 11.7. The first-order valence-corrected chi connectivity index (χ1v) is 12.1. The highest BCUT2D eigenvalue weighted by atomic mass is 19.1. The molecule has 0 saturated carbocycles. The van der Waals surface area contributed by atoms with E-state index in [1.807, 2.05) is 36.4 Å². The first-order chi connectivity index (χ1) is 16.5. The topological polar surface area (TPSA) is 26.7 Å². The van der Waals surface area contributed by atoms with Gasteiger partial charge in [0.25, 0.3) is 0 Å². The van der Waals surface area contributed by atoms with E-state index >= 15 is 0 Å². The van der Waals surface area contributed by atoms with Crippen molar-refractivity contribution >= 4 is 0 Å². The van der Waals surface area contributed by atoms with Crippen LogP contribution in [-0.2, 0) is 19.5 Å². The van der Waals surface area contributed by atoms with Crippen LogP contribution in [0.1, 0.15) is 36.0 Å². The molecule has 0 amide bonds. The van der Waals surface area contributed by atoms with Gasteiger partial charge in [0.15, 0.2) is 0 Å². The van der Waals surface area contributed by atoms with Crippen molar-refractivity contribution in [1.29, 1.82) is 0 Å². The van der Waals surface area contributed by atoms with Crippen LogP contribution in [0.25, 0.3) is 0 Å². The van der Waals surface area contributed by atoms with Crippen molar-refractivity contribution in [3.8, 4) is 0 Å². The number of piperidine rings is 1. The van der Waals surface area contributed by atoms with Crippen molar-refractivity contribution in [2.24, 2.45) is 0 Å². The first-order valence-electron chi connectivity index (χ1n) is 12.1. The van der Waals surface area contributed by atoms with Gasteiger partial charge in [0.1, 0.15) is 11.6 Å². The maximum absolute atomic E-state index is 14.1. The van der Waals surface area contributed by atoms with E-state index in [9.17, 15) is 13.9 Å². The minimum Gasteiger partial charge on any atom is -0.390 e. The van der Waals surface area contributed by atoms with E-state index < -0.39 is 17.7 Å². The molecule has 1 N–H and O–H groups in total. The van der Waals surface area contributed by atoms with Crippen LogP contribution in [0, 0.1) is 11.6 Å². The summed E-state index contributed by atoms with van der Waals surface area (Å²) in [5.41, 5.74) is 2.84. The van der Waals surface area contributed by atoms with Crippen LogP contribution in [0.15, 0.2) is 78.9 Å². The summed E-state index contributed by atoms with van der Waals surface area (Å²) in [6, 6.07) is 23.7. The number of nitrogens with zero attached hydrogens (tertiary/aromatic N) is 2. The van der Waals surface area contributed by atoms with Crippen LogP contribution < -0.4 is 0 Å². The highest BCUT2D eigenvalue weighted by Crippen LogP contribution is 2.27. The van der Waals surface area contributed by atoms with Crippen LogP contribution in [0.4, 0.5) is 8.78 Å². The number of halogens is 2. The third-order valence-corrected chi connectivity index (χ3v) is 6.91. The minimum absolute atomic E-state index is 0.00574. The summed E-state index contributed by atoms with van der Waals surface area (Å²) in [5.74, 6) is -1.17. The molecule has 0 radical (unpaired) electrons. The number of rotatable bonds is 9. The molecule has 1 aliphatic heterocycles. The second-order valence-electron chi connectivity index (χ2n) is 9.46. The Morgan fingerprint density at radius 3 is 1.94 bits per heavy atom. The van der Waals surface area contributed by atoms with Crippen LogP contribution in [0.5, 0.6) is 0 Å². The highest BCUT2D eigenvalue weighted by Gasteiger charge is 2.35. The zero-order chi connectivity index (χ0) is 23.9. The molecular weight excluding hydrogens is 430 g/mol. The van der Waals surface area contributed by atoms with Crippen molar-refractivity contribution < 1.29 is 13.9 Å². The average molecular weight is 465 g/mol. The molecule has 3 nitrogen and oxygen atoms in total. The molecular formula is C29H34F2N2O. The quantitative estimate of drug-likeness (QED) is 0.458. The smallest absolute Gasteiger partial charge is 0.126 e. The summed E-state index contributed by atoms with van der Waals surface area (Å²) >= 11 is 0. The number of likely N-dealkylation sites (tertiary alicyclic amines) is 1. The van der Waals surface area contributed by atoms with E-state index in [0.29, 0.717) is 25.1 Å². The molecule has 1 aliphatic rings. The molecule has 0 unspecified atom stereocenters.